The molecule has 0 aromatic heterocycles. The summed E-state index contributed by atoms with van der Waals surface area (Å²) in [4.78, 5) is 32.5. The first kappa shape index (κ1) is 27.0. The van der Waals surface area contributed by atoms with Gasteiger partial charge in [0.25, 0.3) is 5.91 Å². The predicted molar refractivity (Wildman–Crippen MR) is 150 cm³/mol. The summed E-state index contributed by atoms with van der Waals surface area (Å²) < 4.78 is 18.7. The third kappa shape index (κ3) is 6.25. The monoisotopic (exact) mass is 518 g/mol. The van der Waals surface area contributed by atoms with Gasteiger partial charge in [0.1, 0.15) is 11.6 Å². The number of nitrogens with one attached hydrogen (secondary N) is 1. The summed E-state index contributed by atoms with van der Waals surface area (Å²) in [7, 11) is 1.68. The summed E-state index contributed by atoms with van der Waals surface area (Å²) in [5.74, 6) is 0.218. The van der Waals surface area contributed by atoms with E-state index >= 15 is 0 Å². The number of ether oxygens (including phenoxy) is 1. The standard InChI is InChI=1S/C30H35FN4O3/c1-4-33(5-2)30(37)25-21-24(32-29(36)20-22-10-12-23(31)13-11-22)14-15-26(25)34-16-18-35(19-17-34)27-8-6-7-9-28(27)38-3/h6-15,21H,4-5,16-20H2,1-3H3,(H,32,36). The maximum absolute atomic E-state index is 13.5. The second kappa shape index (κ2) is 12.4. The molecule has 0 bridgehead atoms. The van der Waals surface area contributed by atoms with Crippen LogP contribution in [0.4, 0.5) is 21.5 Å². The molecule has 0 aliphatic carbocycles. The lowest BCUT2D eigenvalue weighted by Gasteiger charge is -2.38. The molecule has 38 heavy (non-hydrogen) atoms. The molecule has 3 aromatic rings. The van der Waals surface area contributed by atoms with Gasteiger partial charge in [0.05, 0.1) is 24.8 Å². The second-order valence-electron chi connectivity index (χ2n) is 9.21. The first-order chi connectivity index (χ1) is 18.4. The van der Waals surface area contributed by atoms with Crippen LogP contribution in [-0.2, 0) is 11.2 Å². The molecule has 0 unspecified atom stereocenters. The molecule has 1 saturated heterocycles. The lowest BCUT2D eigenvalue weighted by atomic mass is 10.1. The van der Waals surface area contributed by atoms with Gasteiger partial charge in [-0.25, -0.2) is 4.39 Å². The van der Waals surface area contributed by atoms with Crippen LogP contribution in [0.1, 0.15) is 29.8 Å². The van der Waals surface area contributed by atoms with E-state index in [1.165, 1.54) is 12.1 Å². The largest absolute Gasteiger partial charge is 0.495 e. The van der Waals surface area contributed by atoms with Crippen LogP contribution in [0.5, 0.6) is 5.75 Å². The topological polar surface area (TPSA) is 65.1 Å². The van der Waals surface area contributed by atoms with Crippen LogP contribution < -0.4 is 19.9 Å². The van der Waals surface area contributed by atoms with Crippen molar-refractivity contribution in [1.82, 2.24) is 4.90 Å². The molecule has 1 N–H and O–H groups in total. The van der Waals surface area contributed by atoms with E-state index in [9.17, 15) is 14.0 Å². The smallest absolute Gasteiger partial charge is 0.256 e. The molecule has 0 radical (unpaired) electrons. The van der Waals surface area contributed by atoms with Crippen LogP contribution in [-0.4, -0.2) is 63.1 Å². The van der Waals surface area contributed by atoms with Crippen LogP contribution in [0, 0.1) is 5.82 Å². The summed E-state index contributed by atoms with van der Waals surface area (Å²) in [5.41, 5.74) is 3.77. The van der Waals surface area contributed by atoms with Gasteiger partial charge in [-0.15, -0.1) is 0 Å². The molecular weight excluding hydrogens is 483 g/mol. The Morgan fingerprint density at radius 3 is 2.16 bits per heavy atom. The number of piperazine rings is 1. The van der Waals surface area contributed by atoms with Crippen molar-refractivity contribution in [3.63, 3.8) is 0 Å². The van der Waals surface area contributed by atoms with E-state index < -0.39 is 0 Å². The highest BCUT2D eigenvalue weighted by atomic mass is 19.1. The minimum absolute atomic E-state index is 0.0632. The lowest BCUT2D eigenvalue weighted by molar-refractivity contribution is -0.115. The van der Waals surface area contributed by atoms with Crippen LogP contribution in [0.15, 0.2) is 66.7 Å². The van der Waals surface area contributed by atoms with Crippen molar-refractivity contribution in [1.29, 1.82) is 0 Å². The first-order valence-electron chi connectivity index (χ1n) is 13.0. The molecular formula is C30H35FN4O3. The van der Waals surface area contributed by atoms with E-state index in [1.54, 1.807) is 30.2 Å². The first-order valence-corrected chi connectivity index (χ1v) is 13.0. The number of nitrogens with zero attached hydrogens (tertiary/aromatic N) is 3. The van der Waals surface area contributed by atoms with E-state index in [0.29, 0.717) is 29.9 Å². The van der Waals surface area contributed by atoms with Crippen molar-refractivity contribution in [2.45, 2.75) is 20.3 Å². The highest BCUT2D eigenvalue weighted by Crippen LogP contribution is 2.31. The van der Waals surface area contributed by atoms with Gasteiger partial charge in [-0.3, -0.25) is 9.59 Å². The fraction of sp³-hybridized carbons (Fsp3) is 0.333. The molecule has 1 fully saturated rings. The van der Waals surface area contributed by atoms with E-state index in [2.05, 4.69) is 21.2 Å². The number of rotatable bonds is 9. The maximum Gasteiger partial charge on any atom is 0.256 e. The Labute approximate surface area is 223 Å². The average molecular weight is 519 g/mol. The predicted octanol–water partition coefficient (Wildman–Crippen LogP) is 4.82. The van der Waals surface area contributed by atoms with Crippen LogP contribution in [0.3, 0.4) is 0 Å². The number of methoxy groups -OCH3 is 1. The maximum atomic E-state index is 13.5. The van der Waals surface area contributed by atoms with E-state index in [-0.39, 0.29) is 24.1 Å². The molecule has 2 amide bonds. The third-order valence-corrected chi connectivity index (χ3v) is 6.89. The molecule has 1 heterocycles. The molecule has 200 valence electrons. The molecule has 4 rings (SSSR count). The number of carbonyl (C=O) groups is 2. The molecule has 0 saturated carbocycles. The van der Waals surface area contributed by atoms with Gasteiger partial charge in [0, 0.05) is 50.6 Å². The molecule has 0 atom stereocenters. The lowest BCUT2D eigenvalue weighted by Crippen LogP contribution is -2.47. The Morgan fingerprint density at radius 1 is 0.895 bits per heavy atom. The highest BCUT2D eigenvalue weighted by molar-refractivity contribution is 6.02. The number of halogens is 1. The highest BCUT2D eigenvalue weighted by Gasteiger charge is 2.25. The number of hydrogen-bond acceptors (Lipinski definition) is 5. The normalized spacial score (nSPS) is 13.3. The van der Waals surface area contributed by atoms with Crippen LogP contribution >= 0.6 is 0 Å². The number of hydrogen-bond donors (Lipinski definition) is 1. The quantitative estimate of drug-likeness (QED) is 0.440. The zero-order valence-electron chi connectivity index (χ0n) is 22.2. The Kier molecular flexibility index (Phi) is 8.84. The minimum atomic E-state index is -0.340. The Bertz CT molecular complexity index is 1250. The number of anilines is 3. The number of carbonyl (C=O) groups excluding carboxylic acids is 2. The van der Waals surface area contributed by atoms with Gasteiger partial charge in [-0.05, 0) is 61.9 Å². The number of amides is 2. The van der Waals surface area contributed by atoms with Gasteiger partial charge >= 0.3 is 0 Å². The van der Waals surface area contributed by atoms with Crippen molar-refractivity contribution < 1.29 is 18.7 Å². The van der Waals surface area contributed by atoms with Gasteiger partial charge in [-0.1, -0.05) is 24.3 Å². The van der Waals surface area contributed by atoms with Gasteiger partial charge in [0.15, 0.2) is 0 Å². The summed E-state index contributed by atoms with van der Waals surface area (Å²) >= 11 is 0. The fourth-order valence-electron chi connectivity index (χ4n) is 4.81. The van der Waals surface area contributed by atoms with Gasteiger partial charge < -0.3 is 24.8 Å². The van der Waals surface area contributed by atoms with Crippen LogP contribution in [0.2, 0.25) is 0 Å². The minimum Gasteiger partial charge on any atom is -0.495 e. The molecule has 8 heteroatoms. The van der Waals surface area contributed by atoms with Crippen LogP contribution in [0.25, 0.3) is 0 Å². The van der Waals surface area contributed by atoms with E-state index in [1.807, 2.05) is 44.2 Å². The Hall–Kier alpha value is -4.07. The zero-order valence-corrected chi connectivity index (χ0v) is 22.2. The Balaban J connectivity index is 1.53. The average Bonchev–Trinajstić information content (AvgIpc) is 2.95. The van der Waals surface area contributed by atoms with Gasteiger partial charge in [-0.2, -0.15) is 0 Å². The molecule has 1 aliphatic rings. The Morgan fingerprint density at radius 2 is 1.53 bits per heavy atom. The van der Waals surface area contributed by atoms with Crippen molar-refractivity contribution in [3.05, 3.63) is 83.7 Å². The van der Waals surface area contributed by atoms with E-state index in [0.717, 1.165) is 43.3 Å². The van der Waals surface area contributed by atoms with Crippen molar-refractivity contribution in [2.24, 2.45) is 0 Å². The summed E-state index contributed by atoms with van der Waals surface area (Å²) in [6.07, 6.45) is 0.117. The number of benzene rings is 3. The fourth-order valence-corrected chi connectivity index (χ4v) is 4.81. The zero-order chi connectivity index (χ0) is 27.1. The molecule has 3 aromatic carbocycles. The summed E-state index contributed by atoms with van der Waals surface area (Å²) in [5, 5.41) is 2.90. The number of para-hydroxylation sites is 2. The van der Waals surface area contributed by atoms with Crippen molar-refractivity contribution in [2.75, 3.05) is 61.5 Å². The summed E-state index contributed by atoms with van der Waals surface area (Å²) in [6.45, 7) is 8.17. The second-order valence-corrected chi connectivity index (χ2v) is 9.21. The van der Waals surface area contributed by atoms with Gasteiger partial charge in [0.2, 0.25) is 5.91 Å². The molecule has 7 nitrogen and oxygen atoms in total. The van der Waals surface area contributed by atoms with E-state index in [4.69, 9.17) is 4.74 Å². The van der Waals surface area contributed by atoms with Crippen molar-refractivity contribution in [3.8, 4) is 5.75 Å². The van der Waals surface area contributed by atoms with Crippen molar-refractivity contribution >= 4 is 28.9 Å². The molecule has 1 aliphatic heterocycles. The SMILES string of the molecule is CCN(CC)C(=O)c1cc(NC(=O)Cc2ccc(F)cc2)ccc1N1CCN(c2ccccc2OC)CC1. The molecule has 0 spiro atoms. The summed E-state index contributed by atoms with van der Waals surface area (Å²) in [6, 6.07) is 19.4. The third-order valence-electron chi connectivity index (χ3n) is 6.89.